The molecule has 1 fully saturated rings. The van der Waals surface area contributed by atoms with Crippen molar-refractivity contribution in [1.82, 2.24) is 0 Å². The van der Waals surface area contributed by atoms with Gasteiger partial charge in [0.25, 0.3) is 0 Å². The molecule has 0 bridgehead atoms. The van der Waals surface area contributed by atoms with Gasteiger partial charge in [0.1, 0.15) is 0 Å². The number of rotatable bonds is 9. The molecule has 2 N–H and O–H groups in total. The summed E-state index contributed by atoms with van der Waals surface area (Å²) < 4.78 is 0. The third-order valence-electron chi connectivity index (χ3n) is 4.37. The Morgan fingerprint density at radius 2 is 1.65 bits per heavy atom. The van der Waals surface area contributed by atoms with E-state index >= 15 is 0 Å². The van der Waals surface area contributed by atoms with Gasteiger partial charge in [-0.1, -0.05) is 44.0 Å². The largest absolute Gasteiger partial charge is 0.481 e. The van der Waals surface area contributed by atoms with Crippen molar-refractivity contribution in [3.05, 3.63) is 35.4 Å². The number of hydrogen-bond donors (Lipinski definition) is 2. The second-order valence-electron chi connectivity index (χ2n) is 6.16. The van der Waals surface area contributed by atoms with E-state index in [1.165, 1.54) is 0 Å². The summed E-state index contributed by atoms with van der Waals surface area (Å²) in [6.45, 7) is 1.98. The molecule has 5 nitrogen and oxygen atoms in total. The van der Waals surface area contributed by atoms with Crippen LogP contribution in [0, 0.1) is 11.8 Å². The standard InChI is InChI=1S/C18H22O5/c1-2-3-4-14(15(17(20)21)18(22)23)11-5-7-12(8-6-11)16(19)13-9-10-13/h5-8,13-15H,2-4,9-10H2,1H3,(H,20,21)(H,22,23). The van der Waals surface area contributed by atoms with Gasteiger partial charge in [-0.2, -0.15) is 0 Å². The first-order valence-electron chi connectivity index (χ1n) is 8.05. The predicted molar refractivity (Wildman–Crippen MR) is 84.5 cm³/mol. The van der Waals surface area contributed by atoms with Gasteiger partial charge in [-0.15, -0.1) is 0 Å². The van der Waals surface area contributed by atoms with E-state index in [1.807, 2.05) is 6.92 Å². The van der Waals surface area contributed by atoms with Gasteiger partial charge in [0.15, 0.2) is 11.7 Å². The monoisotopic (exact) mass is 318 g/mol. The lowest BCUT2D eigenvalue weighted by Crippen LogP contribution is -2.30. The summed E-state index contributed by atoms with van der Waals surface area (Å²) in [7, 11) is 0. The summed E-state index contributed by atoms with van der Waals surface area (Å²) in [6.07, 6.45) is 3.97. The Bertz CT molecular complexity index is 572. The minimum atomic E-state index is -1.47. The van der Waals surface area contributed by atoms with Crippen LogP contribution in [-0.4, -0.2) is 27.9 Å². The predicted octanol–water partition coefficient (Wildman–Crippen LogP) is 3.34. The van der Waals surface area contributed by atoms with Crippen molar-refractivity contribution in [1.29, 1.82) is 0 Å². The van der Waals surface area contributed by atoms with E-state index in [0.717, 1.165) is 25.7 Å². The molecular weight excluding hydrogens is 296 g/mol. The third-order valence-corrected chi connectivity index (χ3v) is 4.37. The lowest BCUT2D eigenvalue weighted by molar-refractivity contribution is -0.155. The van der Waals surface area contributed by atoms with Gasteiger partial charge in [0.05, 0.1) is 0 Å². The summed E-state index contributed by atoms with van der Waals surface area (Å²) in [5, 5.41) is 18.5. The maximum absolute atomic E-state index is 12.0. The highest BCUT2D eigenvalue weighted by Gasteiger charge is 2.36. The smallest absolute Gasteiger partial charge is 0.318 e. The Labute approximate surface area is 135 Å². The first-order valence-corrected chi connectivity index (χ1v) is 8.05. The molecule has 0 aliphatic heterocycles. The van der Waals surface area contributed by atoms with Crippen molar-refractivity contribution in [3.63, 3.8) is 0 Å². The zero-order valence-electron chi connectivity index (χ0n) is 13.2. The zero-order valence-corrected chi connectivity index (χ0v) is 13.2. The number of ketones is 1. The third kappa shape index (κ3) is 4.18. The highest BCUT2D eigenvalue weighted by molar-refractivity contribution is 5.99. The van der Waals surface area contributed by atoms with Crippen LogP contribution in [-0.2, 0) is 9.59 Å². The van der Waals surface area contributed by atoms with Crippen molar-refractivity contribution in [2.45, 2.75) is 44.9 Å². The SMILES string of the molecule is CCCCC(c1ccc(C(=O)C2CC2)cc1)C(C(=O)O)C(=O)O. The number of carboxylic acids is 2. The molecule has 2 rings (SSSR count). The number of carbonyl (C=O) groups excluding carboxylic acids is 1. The molecule has 0 aromatic heterocycles. The molecule has 1 unspecified atom stereocenters. The number of unbranched alkanes of at least 4 members (excludes halogenated alkanes) is 1. The highest BCUT2D eigenvalue weighted by Crippen LogP contribution is 2.34. The molecule has 124 valence electrons. The quantitative estimate of drug-likeness (QED) is 0.538. The lowest BCUT2D eigenvalue weighted by atomic mass is 9.82. The topological polar surface area (TPSA) is 91.7 Å². The molecule has 0 radical (unpaired) electrons. The molecule has 0 saturated heterocycles. The maximum Gasteiger partial charge on any atom is 0.318 e. The van der Waals surface area contributed by atoms with Crippen molar-refractivity contribution in [2.75, 3.05) is 0 Å². The van der Waals surface area contributed by atoms with E-state index in [2.05, 4.69) is 0 Å². The van der Waals surface area contributed by atoms with Crippen LogP contribution in [0.2, 0.25) is 0 Å². The van der Waals surface area contributed by atoms with Crippen molar-refractivity contribution >= 4 is 17.7 Å². The van der Waals surface area contributed by atoms with Gasteiger partial charge >= 0.3 is 11.9 Å². The van der Waals surface area contributed by atoms with E-state index in [9.17, 15) is 24.6 Å². The molecule has 23 heavy (non-hydrogen) atoms. The average Bonchev–Trinajstić information content (AvgIpc) is 3.34. The summed E-state index contributed by atoms with van der Waals surface area (Å²) >= 11 is 0. The molecule has 1 aromatic rings. The first-order chi connectivity index (χ1) is 11.0. The van der Waals surface area contributed by atoms with Gasteiger partial charge < -0.3 is 10.2 Å². The van der Waals surface area contributed by atoms with Crippen LogP contribution in [0.4, 0.5) is 0 Å². The fraction of sp³-hybridized carbons (Fsp3) is 0.500. The number of benzene rings is 1. The maximum atomic E-state index is 12.0. The minimum absolute atomic E-state index is 0.120. The van der Waals surface area contributed by atoms with Gasteiger partial charge in [-0.05, 0) is 24.8 Å². The van der Waals surface area contributed by atoms with Gasteiger partial charge in [0, 0.05) is 17.4 Å². The molecular formula is C18H22O5. The molecule has 1 saturated carbocycles. The lowest BCUT2D eigenvalue weighted by Gasteiger charge is -2.21. The number of hydrogen-bond acceptors (Lipinski definition) is 3. The van der Waals surface area contributed by atoms with Crippen LogP contribution < -0.4 is 0 Å². The molecule has 5 heteroatoms. The molecule has 0 spiro atoms. The van der Waals surface area contributed by atoms with E-state index in [0.29, 0.717) is 17.5 Å². The average molecular weight is 318 g/mol. The summed E-state index contributed by atoms with van der Waals surface area (Å²) in [4.78, 5) is 34.7. The van der Waals surface area contributed by atoms with Crippen LogP contribution in [0.1, 0.15) is 60.9 Å². The fourth-order valence-electron chi connectivity index (χ4n) is 2.88. The summed E-state index contributed by atoms with van der Waals surface area (Å²) in [5.41, 5.74) is 1.29. The summed E-state index contributed by atoms with van der Waals surface area (Å²) in [6, 6.07) is 6.79. The van der Waals surface area contributed by atoms with E-state index in [-0.39, 0.29) is 11.7 Å². The Balaban J connectivity index is 2.25. The Kier molecular flexibility index (Phi) is 5.53. The summed E-state index contributed by atoms with van der Waals surface area (Å²) in [5.74, 6) is -4.45. The second-order valence-corrected chi connectivity index (χ2v) is 6.16. The molecule has 1 aromatic carbocycles. The Hall–Kier alpha value is -2.17. The van der Waals surface area contributed by atoms with Crippen LogP contribution in [0.3, 0.4) is 0 Å². The zero-order chi connectivity index (χ0) is 17.0. The molecule has 0 heterocycles. The van der Waals surface area contributed by atoms with Gasteiger partial charge in [0.2, 0.25) is 0 Å². The first kappa shape index (κ1) is 17.2. The van der Waals surface area contributed by atoms with Crippen LogP contribution in [0.15, 0.2) is 24.3 Å². The number of aliphatic carboxylic acids is 2. The fourth-order valence-corrected chi connectivity index (χ4v) is 2.88. The molecule has 1 aliphatic rings. The highest BCUT2D eigenvalue weighted by atomic mass is 16.4. The molecule has 1 atom stereocenters. The van der Waals surface area contributed by atoms with Crippen LogP contribution >= 0.6 is 0 Å². The van der Waals surface area contributed by atoms with E-state index in [1.54, 1.807) is 24.3 Å². The van der Waals surface area contributed by atoms with Crippen molar-refractivity contribution in [3.8, 4) is 0 Å². The Morgan fingerprint density at radius 3 is 2.09 bits per heavy atom. The number of carboxylic acid groups (broad SMARTS) is 2. The van der Waals surface area contributed by atoms with E-state index in [4.69, 9.17) is 0 Å². The number of Topliss-reactive ketones (excluding diaryl/α,β-unsaturated/α-hetero) is 1. The van der Waals surface area contributed by atoms with Gasteiger partial charge in [-0.25, -0.2) is 0 Å². The van der Waals surface area contributed by atoms with Crippen molar-refractivity contribution in [2.24, 2.45) is 11.8 Å². The second kappa shape index (κ2) is 7.40. The van der Waals surface area contributed by atoms with Crippen LogP contribution in [0.25, 0.3) is 0 Å². The minimum Gasteiger partial charge on any atom is -0.481 e. The molecule has 0 amide bonds. The Morgan fingerprint density at radius 1 is 1.09 bits per heavy atom. The van der Waals surface area contributed by atoms with Crippen molar-refractivity contribution < 1.29 is 24.6 Å². The number of carbonyl (C=O) groups is 3. The van der Waals surface area contributed by atoms with E-state index < -0.39 is 23.8 Å². The normalized spacial score (nSPS) is 15.4. The van der Waals surface area contributed by atoms with Crippen LogP contribution in [0.5, 0.6) is 0 Å². The van der Waals surface area contributed by atoms with Gasteiger partial charge in [-0.3, -0.25) is 14.4 Å². The molecule has 1 aliphatic carbocycles.